The molecule has 3 N–H and O–H groups in total. The first kappa shape index (κ1) is 16.1. The molecule has 5 heteroatoms. The van der Waals surface area contributed by atoms with Crippen molar-refractivity contribution in [2.24, 2.45) is 29.4 Å². The van der Waals surface area contributed by atoms with Crippen LogP contribution in [0.1, 0.15) is 66.2 Å². The van der Waals surface area contributed by atoms with Gasteiger partial charge in [0.2, 0.25) is 5.91 Å². The molecule has 2 saturated carbocycles. The summed E-state index contributed by atoms with van der Waals surface area (Å²) < 4.78 is 0. The minimum atomic E-state index is -0.398. The summed E-state index contributed by atoms with van der Waals surface area (Å²) in [5, 5.41) is 3.79. The molecule has 0 aromatic carbocycles. The number of carbonyl (C=O) groups is 2. The highest BCUT2D eigenvalue weighted by Crippen LogP contribution is 2.49. The van der Waals surface area contributed by atoms with E-state index in [4.69, 9.17) is 5.73 Å². The van der Waals surface area contributed by atoms with E-state index in [0.29, 0.717) is 22.4 Å². The second-order valence-electron chi connectivity index (χ2n) is 7.86. The van der Waals surface area contributed by atoms with Gasteiger partial charge in [0.25, 0.3) is 5.91 Å². The van der Waals surface area contributed by atoms with Crippen molar-refractivity contribution in [3.63, 3.8) is 0 Å². The Morgan fingerprint density at radius 3 is 2.71 bits per heavy atom. The largest absolute Gasteiger partial charge is 0.365 e. The number of carbonyl (C=O) groups excluding carboxylic acids is 2. The summed E-state index contributed by atoms with van der Waals surface area (Å²) >= 11 is 1.58. The summed E-state index contributed by atoms with van der Waals surface area (Å²) in [6.07, 6.45) is 8.90. The first-order chi connectivity index (χ1) is 11.6. The Bertz CT molecular complexity index is 681. The molecule has 4 nitrogen and oxygen atoms in total. The van der Waals surface area contributed by atoms with Crippen LogP contribution in [0.25, 0.3) is 0 Å². The summed E-state index contributed by atoms with van der Waals surface area (Å²) in [5.41, 5.74) is 7.34. The molecule has 1 heterocycles. The number of nitrogens with two attached hydrogens (primary N) is 1. The van der Waals surface area contributed by atoms with Crippen LogP contribution < -0.4 is 11.1 Å². The predicted molar refractivity (Wildman–Crippen MR) is 96.2 cm³/mol. The number of anilines is 1. The highest BCUT2D eigenvalue weighted by Gasteiger charge is 2.43. The fraction of sp³-hybridized carbons (Fsp3) is 0.684. The van der Waals surface area contributed by atoms with Crippen molar-refractivity contribution in [2.75, 3.05) is 5.32 Å². The number of fused-ring (bicyclic) bond motifs is 3. The molecule has 3 aliphatic carbocycles. The van der Waals surface area contributed by atoms with Crippen molar-refractivity contribution in [3.8, 4) is 0 Å². The van der Waals surface area contributed by atoms with Crippen molar-refractivity contribution in [1.82, 2.24) is 0 Å². The van der Waals surface area contributed by atoms with Crippen LogP contribution in [0.2, 0.25) is 0 Å². The topological polar surface area (TPSA) is 72.2 Å². The number of rotatable bonds is 4. The van der Waals surface area contributed by atoms with Gasteiger partial charge in [0.1, 0.15) is 5.00 Å². The van der Waals surface area contributed by atoms with E-state index in [9.17, 15) is 9.59 Å². The number of thiophene rings is 1. The van der Waals surface area contributed by atoms with Gasteiger partial charge in [-0.3, -0.25) is 9.59 Å². The molecule has 4 unspecified atom stereocenters. The summed E-state index contributed by atoms with van der Waals surface area (Å²) in [7, 11) is 0. The Labute approximate surface area is 147 Å². The lowest BCUT2D eigenvalue weighted by Crippen LogP contribution is -2.28. The number of primary amides is 1. The second-order valence-corrected chi connectivity index (χ2v) is 8.97. The van der Waals surface area contributed by atoms with Gasteiger partial charge in [0.15, 0.2) is 0 Å². The first-order valence-electron chi connectivity index (χ1n) is 9.32. The van der Waals surface area contributed by atoms with Gasteiger partial charge >= 0.3 is 0 Å². The summed E-state index contributed by atoms with van der Waals surface area (Å²) in [5.74, 6) is 1.81. The molecule has 4 rings (SSSR count). The zero-order valence-corrected chi connectivity index (χ0v) is 15.1. The van der Waals surface area contributed by atoms with Crippen LogP contribution in [-0.4, -0.2) is 11.8 Å². The number of hydrogen-bond donors (Lipinski definition) is 2. The molecule has 130 valence electrons. The van der Waals surface area contributed by atoms with Crippen molar-refractivity contribution in [3.05, 3.63) is 16.0 Å². The maximum atomic E-state index is 12.8. The Hall–Kier alpha value is -1.36. The lowest BCUT2D eigenvalue weighted by Gasteiger charge is -2.21. The Kier molecular flexibility index (Phi) is 4.15. The average molecular weight is 346 g/mol. The van der Waals surface area contributed by atoms with Crippen molar-refractivity contribution in [2.45, 2.75) is 58.3 Å². The Morgan fingerprint density at radius 1 is 1.25 bits per heavy atom. The maximum absolute atomic E-state index is 12.8. The minimum absolute atomic E-state index is 0.107. The molecule has 2 amide bonds. The van der Waals surface area contributed by atoms with E-state index >= 15 is 0 Å². The van der Waals surface area contributed by atoms with E-state index in [1.54, 1.807) is 11.3 Å². The third-order valence-electron chi connectivity index (χ3n) is 6.50. The van der Waals surface area contributed by atoms with Gasteiger partial charge in [0.05, 0.1) is 5.56 Å². The van der Waals surface area contributed by atoms with E-state index in [-0.39, 0.29) is 11.8 Å². The van der Waals surface area contributed by atoms with E-state index in [1.165, 1.54) is 24.1 Å². The molecule has 0 spiro atoms. The third-order valence-corrected chi connectivity index (χ3v) is 7.67. The zero-order chi connectivity index (χ0) is 16.8. The van der Waals surface area contributed by atoms with E-state index < -0.39 is 5.91 Å². The summed E-state index contributed by atoms with van der Waals surface area (Å²) in [6.45, 7) is 2.22. The fourth-order valence-electron chi connectivity index (χ4n) is 5.12. The summed E-state index contributed by atoms with van der Waals surface area (Å²) in [6, 6.07) is 0. The summed E-state index contributed by atoms with van der Waals surface area (Å²) in [4.78, 5) is 26.0. The SMILES string of the molecule is CCC1CCc2c(sc(NC(=O)C3CC4CCC3C4)c2C(N)=O)C1. The van der Waals surface area contributed by atoms with Crippen molar-refractivity contribution in [1.29, 1.82) is 0 Å². The lowest BCUT2D eigenvalue weighted by molar-refractivity contribution is -0.121. The van der Waals surface area contributed by atoms with Crippen LogP contribution in [0.5, 0.6) is 0 Å². The van der Waals surface area contributed by atoms with Crippen molar-refractivity contribution < 1.29 is 9.59 Å². The van der Waals surface area contributed by atoms with Crippen LogP contribution in [0.4, 0.5) is 5.00 Å². The molecule has 1 aromatic heterocycles. The molecule has 3 aliphatic rings. The van der Waals surface area contributed by atoms with Crippen LogP contribution in [0, 0.1) is 23.7 Å². The Balaban J connectivity index is 1.57. The van der Waals surface area contributed by atoms with Crippen LogP contribution in [0.3, 0.4) is 0 Å². The molecule has 0 radical (unpaired) electrons. The molecule has 2 bridgehead atoms. The van der Waals surface area contributed by atoms with Gasteiger partial charge in [-0.15, -0.1) is 11.3 Å². The minimum Gasteiger partial charge on any atom is -0.365 e. The molecular formula is C19H26N2O2S. The quantitative estimate of drug-likeness (QED) is 0.872. The average Bonchev–Trinajstić information content (AvgIpc) is 3.26. The van der Waals surface area contributed by atoms with E-state index in [0.717, 1.165) is 43.6 Å². The Morgan fingerprint density at radius 2 is 2.08 bits per heavy atom. The first-order valence-corrected chi connectivity index (χ1v) is 10.1. The van der Waals surface area contributed by atoms with Gasteiger partial charge in [-0.1, -0.05) is 19.8 Å². The van der Waals surface area contributed by atoms with Gasteiger partial charge in [-0.05, 0) is 61.8 Å². The van der Waals surface area contributed by atoms with Gasteiger partial charge in [-0.2, -0.15) is 0 Å². The standard InChI is InChI=1S/C19H26N2O2S/c1-2-10-4-6-13-15(9-10)24-19(16(13)17(20)22)21-18(23)14-8-11-3-5-12(14)7-11/h10-12,14H,2-9H2,1H3,(H2,20,22)(H,21,23). The lowest BCUT2D eigenvalue weighted by atomic mass is 9.85. The maximum Gasteiger partial charge on any atom is 0.251 e. The molecule has 1 aromatic rings. The van der Waals surface area contributed by atoms with Crippen molar-refractivity contribution >= 4 is 28.2 Å². The highest BCUT2D eigenvalue weighted by molar-refractivity contribution is 7.17. The van der Waals surface area contributed by atoms with Crippen LogP contribution in [0.15, 0.2) is 0 Å². The molecule has 4 atom stereocenters. The number of amides is 2. The number of hydrogen-bond acceptors (Lipinski definition) is 3. The number of nitrogens with one attached hydrogen (secondary N) is 1. The van der Waals surface area contributed by atoms with Crippen LogP contribution in [-0.2, 0) is 17.6 Å². The molecular weight excluding hydrogens is 320 g/mol. The highest BCUT2D eigenvalue weighted by atomic mass is 32.1. The van der Waals surface area contributed by atoms with Gasteiger partial charge < -0.3 is 11.1 Å². The van der Waals surface area contributed by atoms with E-state index in [1.807, 2.05) is 0 Å². The smallest absolute Gasteiger partial charge is 0.251 e. The van der Waals surface area contributed by atoms with Gasteiger partial charge in [-0.25, -0.2) is 0 Å². The molecule has 0 aliphatic heterocycles. The second kappa shape index (κ2) is 6.17. The normalized spacial score (nSPS) is 31.0. The third kappa shape index (κ3) is 2.67. The molecule has 24 heavy (non-hydrogen) atoms. The molecule has 2 fully saturated rings. The fourth-order valence-corrected chi connectivity index (χ4v) is 6.49. The van der Waals surface area contributed by atoms with Crippen LogP contribution >= 0.6 is 11.3 Å². The molecule has 0 saturated heterocycles. The van der Waals surface area contributed by atoms with Gasteiger partial charge in [0, 0.05) is 10.8 Å². The predicted octanol–water partition coefficient (Wildman–Crippen LogP) is 3.74. The zero-order valence-electron chi connectivity index (χ0n) is 14.3. The van der Waals surface area contributed by atoms with E-state index in [2.05, 4.69) is 12.2 Å². The monoisotopic (exact) mass is 346 g/mol.